The number of carbonyl (C=O) groups is 1. The summed E-state index contributed by atoms with van der Waals surface area (Å²) in [5.41, 5.74) is 6.91. The number of carboxylic acids is 1. The van der Waals surface area contributed by atoms with Crippen LogP contribution in [0.1, 0.15) is 27.0 Å². The second-order valence-corrected chi connectivity index (χ2v) is 6.80. The van der Waals surface area contributed by atoms with Gasteiger partial charge in [0.15, 0.2) is 0 Å². The number of alkyl halides is 3. The molecule has 1 aliphatic heterocycles. The monoisotopic (exact) mass is 409 g/mol. The molecule has 2 aromatic carbocycles. The molecule has 0 bridgehead atoms. The van der Waals surface area contributed by atoms with E-state index in [1.165, 1.54) is 19.1 Å². The van der Waals surface area contributed by atoms with Gasteiger partial charge in [-0.1, -0.05) is 12.1 Å². The molecule has 0 unspecified atom stereocenters. The van der Waals surface area contributed by atoms with Gasteiger partial charge in [0.2, 0.25) is 0 Å². The van der Waals surface area contributed by atoms with Crippen molar-refractivity contribution in [1.29, 1.82) is 0 Å². The van der Waals surface area contributed by atoms with E-state index in [2.05, 4.69) is 5.32 Å². The first kappa shape index (κ1) is 20.8. The van der Waals surface area contributed by atoms with Crippen molar-refractivity contribution < 1.29 is 27.8 Å². The van der Waals surface area contributed by atoms with Crippen molar-refractivity contribution in [2.75, 3.05) is 42.3 Å². The number of hydrogen-bond acceptors (Lipinski definition) is 5. The van der Waals surface area contributed by atoms with Gasteiger partial charge in [-0.3, -0.25) is 0 Å². The first-order valence-electron chi connectivity index (χ1n) is 9.07. The molecule has 1 saturated heterocycles. The predicted molar refractivity (Wildman–Crippen MR) is 104 cm³/mol. The van der Waals surface area contributed by atoms with Crippen molar-refractivity contribution in [3.8, 4) is 0 Å². The maximum absolute atomic E-state index is 13.1. The highest BCUT2D eigenvalue weighted by atomic mass is 19.4. The molecule has 29 heavy (non-hydrogen) atoms. The van der Waals surface area contributed by atoms with Crippen LogP contribution in [0.3, 0.4) is 0 Å². The Morgan fingerprint density at radius 2 is 1.97 bits per heavy atom. The summed E-state index contributed by atoms with van der Waals surface area (Å²) in [6, 6.07) is 7.20. The molecule has 6 nitrogen and oxygen atoms in total. The topological polar surface area (TPSA) is 87.8 Å². The third kappa shape index (κ3) is 4.56. The second kappa shape index (κ2) is 8.20. The van der Waals surface area contributed by atoms with Gasteiger partial charge in [-0.15, -0.1) is 0 Å². The maximum atomic E-state index is 13.1. The molecule has 0 spiro atoms. The lowest BCUT2D eigenvalue weighted by Crippen LogP contribution is -2.36. The number of nitrogens with one attached hydrogen (secondary N) is 1. The maximum Gasteiger partial charge on any atom is 0.416 e. The number of hydrogen-bond donors (Lipinski definition) is 3. The SMILES string of the molecule is Cc1c(CNc2cc(N3CCOCC3)cc(C(=O)O)c2N)cccc1C(F)(F)F. The Bertz CT molecular complexity index is 910. The van der Waals surface area contributed by atoms with Crippen molar-refractivity contribution >= 4 is 23.0 Å². The molecule has 1 aliphatic rings. The van der Waals surface area contributed by atoms with Crippen molar-refractivity contribution in [3.05, 3.63) is 52.6 Å². The number of ether oxygens (including phenoxy) is 1. The van der Waals surface area contributed by atoms with Crippen LogP contribution in [-0.2, 0) is 17.5 Å². The average molecular weight is 409 g/mol. The van der Waals surface area contributed by atoms with Crippen LogP contribution >= 0.6 is 0 Å². The minimum atomic E-state index is -4.44. The van der Waals surface area contributed by atoms with Crippen molar-refractivity contribution in [3.63, 3.8) is 0 Å². The third-order valence-electron chi connectivity index (χ3n) is 4.99. The highest BCUT2D eigenvalue weighted by molar-refractivity contribution is 5.99. The molecule has 3 rings (SSSR count). The zero-order valence-corrected chi connectivity index (χ0v) is 15.8. The minimum Gasteiger partial charge on any atom is -0.478 e. The average Bonchev–Trinajstić information content (AvgIpc) is 2.67. The van der Waals surface area contributed by atoms with E-state index in [0.717, 1.165) is 6.07 Å². The summed E-state index contributed by atoms with van der Waals surface area (Å²) < 4.78 is 44.7. The van der Waals surface area contributed by atoms with Crippen molar-refractivity contribution in [1.82, 2.24) is 0 Å². The Morgan fingerprint density at radius 1 is 1.28 bits per heavy atom. The van der Waals surface area contributed by atoms with Gasteiger partial charge in [-0.05, 0) is 36.2 Å². The summed E-state index contributed by atoms with van der Waals surface area (Å²) in [7, 11) is 0. The highest BCUT2D eigenvalue weighted by Crippen LogP contribution is 2.34. The lowest BCUT2D eigenvalue weighted by Gasteiger charge is -2.30. The van der Waals surface area contributed by atoms with Crippen LogP contribution in [0.25, 0.3) is 0 Å². The Kier molecular flexibility index (Phi) is 5.88. The van der Waals surface area contributed by atoms with E-state index in [-0.39, 0.29) is 23.4 Å². The van der Waals surface area contributed by atoms with Crippen LogP contribution in [0.5, 0.6) is 0 Å². The third-order valence-corrected chi connectivity index (χ3v) is 4.99. The van der Waals surface area contributed by atoms with E-state index in [1.54, 1.807) is 12.1 Å². The number of nitrogen functional groups attached to an aromatic ring is 1. The Balaban J connectivity index is 1.91. The summed E-state index contributed by atoms with van der Waals surface area (Å²) in [6.45, 7) is 3.75. The molecule has 1 fully saturated rings. The quantitative estimate of drug-likeness (QED) is 0.652. The smallest absolute Gasteiger partial charge is 0.416 e. The van der Waals surface area contributed by atoms with Crippen molar-refractivity contribution in [2.24, 2.45) is 0 Å². The number of rotatable bonds is 5. The lowest BCUT2D eigenvalue weighted by molar-refractivity contribution is -0.138. The molecule has 4 N–H and O–H groups in total. The molecule has 1 heterocycles. The summed E-state index contributed by atoms with van der Waals surface area (Å²) in [5, 5.41) is 12.5. The minimum absolute atomic E-state index is 0.0409. The van der Waals surface area contributed by atoms with Crippen LogP contribution in [0.15, 0.2) is 30.3 Å². The highest BCUT2D eigenvalue weighted by Gasteiger charge is 2.32. The largest absolute Gasteiger partial charge is 0.478 e. The second-order valence-electron chi connectivity index (χ2n) is 6.80. The molecule has 156 valence electrons. The van der Waals surface area contributed by atoms with Gasteiger partial charge >= 0.3 is 12.1 Å². The Morgan fingerprint density at radius 3 is 2.59 bits per heavy atom. The zero-order chi connectivity index (χ0) is 21.2. The number of anilines is 3. The summed E-state index contributed by atoms with van der Waals surface area (Å²) in [4.78, 5) is 13.6. The van der Waals surface area contributed by atoms with Gasteiger partial charge in [-0.25, -0.2) is 4.79 Å². The number of benzene rings is 2. The first-order chi connectivity index (χ1) is 13.7. The molecule has 0 atom stereocenters. The van der Waals surface area contributed by atoms with Gasteiger partial charge < -0.3 is 25.8 Å². The zero-order valence-electron chi connectivity index (χ0n) is 15.8. The van der Waals surface area contributed by atoms with Crippen LogP contribution in [0, 0.1) is 6.92 Å². The molecule has 2 aromatic rings. The first-order valence-corrected chi connectivity index (χ1v) is 9.07. The van der Waals surface area contributed by atoms with Gasteiger partial charge in [0.05, 0.1) is 35.7 Å². The number of nitrogens with zero attached hydrogens (tertiary/aromatic N) is 1. The normalized spacial score (nSPS) is 14.7. The molecular formula is C20H22F3N3O3. The van der Waals surface area contributed by atoms with Crippen LogP contribution < -0.4 is 16.0 Å². The van der Waals surface area contributed by atoms with Gasteiger partial charge in [0, 0.05) is 25.3 Å². The fraction of sp³-hybridized carbons (Fsp3) is 0.350. The van der Waals surface area contributed by atoms with Crippen molar-refractivity contribution in [2.45, 2.75) is 19.6 Å². The Labute approximate surface area is 166 Å². The van der Waals surface area contributed by atoms with E-state index in [0.29, 0.717) is 43.2 Å². The van der Waals surface area contributed by atoms with E-state index < -0.39 is 17.7 Å². The number of aromatic carboxylic acids is 1. The fourth-order valence-electron chi connectivity index (χ4n) is 3.34. The number of morpholine rings is 1. The fourth-order valence-corrected chi connectivity index (χ4v) is 3.34. The van der Waals surface area contributed by atoms with Gasteiger partial charge in [0.25, 0.3) is 0 Å². The molecule has 0 saturated carbocycles. The van der Waals surface area contributed by atoms with Crippen LogP contribution in [0.2, 0.25) is 0 Å². The van der Waals surface area contributed by atoms with E-state index >= 15 is 0 Å². The van der Waals surface area contributed by atoms with Gasteiger partial charge in [-0.2, -0.15) is 13.2 Å². The summed E-state index contributed by atoms with van der Waals surface area (Å²) in [5.74, 6) is -1.17. The Hall–Kier alpha value is -2.94. The molecule has 0 aromatic heterocycles. The number of nitrogens with two attached hydrogens (primary N) is 1. The summed E-state index contributed by atoms with van der Waals surface area (Å²) in [6.07, 6.45) is -4.44. The standard InChI is InChI=1S/C20H22F3N3O3/c1-12-13(3-2-4-16(12)20(21,22)23)11-25-17-10-14(26-5-7-29-8-6-26)9-15(18(17)24)19(27)28/h2-4,9-10,25H,5-8,11,24H2,1H3,(H,27,28). The van der Waals surface area contributed by atoms with E-state index in [4.69, 9.17) is 10.5 Å². The molecule has 0 aliphatic carbocycles. The lowest BCUT2D eigenvalue weighted by atomic mass is 10.0. The van der Waals surface area contributed by atoms with Crippen LogP contribution in [-0.4, -0.2) is 37.4 Å². The van der Waals surface area contributed by atoms with Crippen LogP contribution in [0.4, 0.5) is 30.2 Å². The molecule has 0 radical (unpaired) electrons. The molecular weight excluding hydrogens is 387 g/mol. The molecule has 9 heteroatoms. The predicted octanol–water partition coefficient (Wildman–Crippen LogP) is 3.74. The number of carboxylic acid groups (broad SMARTS) is 1. The summed E-state index contributed by atoms with van der Waals surface area (Å²) >= 11 is 0. The van der Waals surface area contributed by atoms with Gasteiger partial charge in [0.1, 0.15) is 0 Å². The van der Waals surface area contributed by atoms with E-state index in [1.807, 2.05) is 4.90 Å². The molecule has 0 amide bonds. The van der Waals surface area contributed by atoms with E-state index in [9.17, 15) is 23.1 Å². The number of halogens is 3.